The maximum absolute atomic E-state index is 6.40. The highest BCUT2D eigenvalue weighted by Gasteiger charge is 2.31. The van der Waals surface area contributed by atoms with E-state index in [0.717, 1.165) is 25.3 Å². The second-order valence-electron chi connectivity index (χ2n) is 6.42. The van der Waals surface area contributed by atoms with E-state index >= 15 is 0 Å². The van der Waals surface area contributed by atoms with Crippen LogP contribution in [0.2, 0.25) is 0 Å². The smallest absolute Gasteiger partial charge is 0.213 e. The van der Waals surface area contributed by atoms with Gasteiger partial charge in [-0.2, -0.15) is 0 Å². The number of ether oxygens (including phenoxy) is 1. The number of hydrogen-bond acceptors (Lipinski definition) is 4. The fraction of sp³-hybridized carbons (Fsp3) is 0.421. The van der Waals surface area contributed by atoms with Gasteiger partial charge >= 0.3 is 0 Å². The van der Waals surface area contributed by atoms with Crippen LogP contribution in [0.3, 0.4) is 0 Å². The van der Waals surface area contributed by atoms with Gasteiger partial charge in [-0.1, -0.05) is 30.3 Å². The summed E-state index contributed by atoms with van der Waals surface area (Å²) in [5.74, 6) is 1.09. The molecule has 3 rings (SSSR count). The monoisotopic (exact) mass is 311 g/mol. The van der Waals surface area contributed by atoms with Gasteiger partial charge in [0.15, 0.2) is 0 Å². The molecule has 2 N–H and O–H groups in total. The molecule has 1 aromatic carbocycles. The van der Waals surface area contributed by atoms with Crippen molar-refractivity contribution < 1.29 is 4.74 Å². The highest BCUT2D eigenvalue weighted by atomic mass is 16.5. The molecule has 23 heavy (non-hydrogen) atoms. The first-order valence-electron chi connectivity index (χ1n) is 8.12. The van der Waals surface area contributed by atoms with Crippen LogP contribution in [0.15, 0.2) is 36.4 Å². The molecule has 0 bridgehead atoms. The molecule has 0 radical (unpaired) electrons. The number of hydrogen-bond donors (Lipinski definition) is 1. The van der Waals surface area contributed by atoms with Crippen molar-refractivity contribution in [3.8, 4) is 5.88 Å². The number of aromatic nitrogens is 1. The van der Waals surface area contributed by atoms with Crippen LogP contribution in [0.5, 0.6) is 5.88 Å². The summed E-state index contributed by atoms with van der Waals surface area (Å²) in [7, 11) is 1.66. The molecule has 4 nitrogen and oxygen atoms in total. The zero-order valence-electron chi connectivity index (χ0n) is 14.1. The molecule has 1 aliphatic rings. The summed E-state index contributed by atoms with van der Waals surface area (Å²) in [5.41, 5.74) is 11.3. The Bertz CT molecular complexity index is 649. The second kappa shape index (κ2) is 6.69. The molecule has 0 amide bonds. The average Bonchev–Trinajstić information content (AvgIpc) is 2.92. The molecule has 0 aliphatic carbocycles. The van der Waals surface area contributed by atoms with Crippen LogP contribution in [-0.4, -0.2) is 36.1 Å². The summed E-state index contributed by atoms with van der Waals surface area (Å²) in [6, 6.07) is 12.8. The van der Waals surface area contributed by atoms with E-state index in [1.165, 1.54) is 16.7 Å². The predicted molar refractivity (Wildman–Crippen MR) is 92.7 cm³/mol. The van der Waals surface area contributed by atoms with Gasteiger partial charge in [-0.05, 0) is 30.5 Å². The van der Waals surface area contributed by atoms with E-state index in [0.29, 0.717) is 11.8 Å². The molecular formula is C19H25N3O. The lowest BCUT2D eigenvalue weighted by molar-refractivity contribution is 0.321. The Labute approximate surface area is 138 Å². The quantitative estimate of drug-likeness (QED) is 0.943. The maximum atomic E-state index is 6.40. The Hall–Kier alpha value is -1.91. The summed E-state index contributed by atoms with van der Waals surface area (Å²) >= 11 is 0. The van der Waals surface area contributed by atoms with Crippen molar-refractivity contribution in [1.82, 2.24) is 9.88 Å². The minimum atomic E-state index is 0.184. The van der Waals surface area contributed by atoms with Crippen LogP contribution < -0.4 is 10.5 Å². The fourth-order valence-corrected chi connectivity index (χ4v) is 3.49. The van der Waals surface area contributed by atoms with E-state index in [1.54, 1.807) is 7.11 Å². The molecule has 2 heterocycles. The molecule has 1 aromatic heterocycles. The SMILES string of the molecule is COc1cc(C)c(CN2C[C@@H](N)[C@H](c3ccccc3)C2)c(C)n1. The Morgan fingerprint density at radius 1 is 1.22 bits per heavy atom. The molecule has 122 valence electrons. The number of nitrogens with zero attached hydrogens (tertiary/aromatic N) is 2. The number of methoxy groups -OCH3 is 1. The first-order chi connectivity index (χ1) is 11.1. The third-order valence-electron chi connectivity index (χ3n) is 4.79. The molecule has 2 atom stereocenters. The van der Waals surface area contributed by atoms with Gasteiger partial charge in [-0.3, -0.25) is 4.90 Å². The van der Waals surface area contributed by atoms with E-state index in [2.05, 4.69) is 54.1 Å². The number of nitrogens with two attached hydrogens (primary N) is 1. The molecule has 1 fully saturated rings. The summed E-state index contributed by atoms with van der Waals surface area (Å²) in [6.07, 6.45) is 0. The third kappa shape index (κ3) is 3.38. The van der Waals surface area contributed by atoms with Crippen LogP contribution in [0.25, 0.3) is 0 Å². The van der Waals surface area contributed by atoms with Crippen molar-refractivity contribution in [2.75, 3.05) is 20.2 Å². The van der Waals surface area contributed by atoms with Gasteiger partial charge in [0.2, 0.25) is 5.88 Å². The zero-order valence-corrected chi connectivity index (χ0v) is 14.1. The lowest BCUT2D eigenvalue weighted by Gasteiger charge is -2.19. The van der Waals surface area contributed by atoms with Crippen molar-refractivity contribution in [2.24, 2.45) is 5.73 Å². The summed E-state index contributed by atoms with van der Waals surface area (Å²) in [6.45, 7) is 6.99. The van der Waals surface area contributed by atoms with Crippen molar-refractivity contribution in [1.29, 1.82) is 0 Å². The number of likely N-dealkylation sites (tertiary alicyclic amines) is 1. The molecule has 4 heteroatoms. The number of benzene rings is 1. The first kappa shape index (κ1) is 16.0. The highest BCUT2D eigenvalue weighted by Crippen LogP contribution is 2.28. The van der Waals surface area contributed by atoms with Crippen molar-refractivity contribution in [3.63, 3.8) is 0 Å². The van der Waals surface area contributed by atoms with Crippen LogP contribution >= 0.6 is 0 Å². The third-order valence-corrected chi connectivity index (χ3v) is 4.79. The van der Waals surface area contributed by atoms with Gasteiger partial charge in [0.1, 0.15) is 0 Å². The topological polar surface area (TPSA) is 51.4 Å². The molecule has 2 aromatic rings. The number of pyridine rings is 1. The standard InChI is InChI=1S/C19H25N3O/c1-13-9-19(23-3)21-14(2)16(13)10-22-11-17(18(20)12-22)15-7-5-4-6-8-15/h4-9,17-18H,10-12,20H2,1-3H3/t17-,18+/m0/s1. The lowest BCUT2D eigenvalue weighted by Crippen LogP contribution is -2.28. The van der Waals surface area contributed by atoms with Gasteiger partial charge in [-0.15, -0.1) is 0 Å². The first-order valence-corrected chi connectivity index (χ1v) is 8.12. The van der Waals surface area contributed by atoms with Crippen LogP contribution in [0.1, 0.15) is 28.3 Å². The lowest BCUT2D eigenvalue weighted by atomic mass is 9.95. The number of aryl methyl sites for hydroxylation is 2. The average molecular weight is 311 g/mol. The molecule has 0 unspecified atom stereocenters. The largest absolute Gasteiger partial charge is 0.481 e. The summed E-state index contributed by atoms with van der Waals surface area (Å²) in [5, 5.41) is 0. The minimum Gasteiger partial charge on any atom is -0.481 e. The molecular weight excluding hydrogens is 286 g/mol. The minimum absolute atomic E-state index is 0.184. The summed E-state index contributed by atoms with van der Waals surface area (Å²) in [4.78, 5) is 6.95. The number of rotatable bonds is 4. The van der Waals surface area contributed by atoms with Crippen molar-refractivity contribution in [3.05, 3.63) is 58.8 Å². The van der Waals surface area contributed by atoms with Crippen LogP contribution in [0.4, 0.5) is 0 Å². The fourth-order valence-electron chi connectivity index (χ4n) is 3.49. The van der Waals surface area contributed by atoms with Gasteiger partial charge in [0.25, 0.3) is 0 Å². The van der Waals surface area contributed by atoms with E-state index in [9.17, 15) is 0 Å². The van der Waals surface area contributed by atoms with Gasteiger partial charge in [0, 0.05) is 43.4 Å². The van der Waals surface area contributed by atoms with Crippen molar-refractivity contribution >= 4 is 0 Å². The van der Waals surface area contributed by atoms with E-state index in [-0.39, 0.29) is 6.04 Å². The maximum Gasteiger partial charge on any atom is 0.213 e. The molecule has 0 saturated carbocycles. The highest BCUT2D eigenvalue weighted by molar-refractivity contribution is 5.34. The Kier molecular flexibility index (Phi) is 4.64. The molecule has 1 saturated heterocycles. The Morgan fingerprint density at radius 3 is 2.61 bits per heavy atom. The predicted octanol–water partition coefficient (Wildman–Crippen LogP) is 2.63. The Balaban J connectivity index is 1.75. The Morgan fingerprint density at radius 2 is 1.96 bits per heavy atom. The van der Waals surface area contributed by atoms with Gasteiger partial charge < -0.3 is 10.5 Å². The second-order valence-corrected chi connectivity index (χ2v) is 6.42. The zero-order chi connectivity index (χ0) is 16.4. The molecule has 0 spiro atoms. The van der Waals surface area contributed by atoms with Crippen LogP contribution in [-0.2, 0) is 6.54 Å². The van der Waals surface area contributed by atoms with E-state index in [1.807, 2.05) is 6.07 Å². The normalized spacial score (nSPS) is 21.6. The van der Waals surface area contributed by atoms with Crippen molar-refractivity contribution in [2.45, 2.75) is 32.4 Å². The van der Waals surface area contributed by atoms with E-state index in [4.69, 9.17) is 10.5 Å². The van der Waals surface area contributed by atoms with Crippen LogP contribution in [0, 0.1) is 13.8 Å². The van der Waals surface area contributed by atoms with Gasteiger partial charge in [-0.25, -0.2) is 4.98 Å². The molecule has 1 aliphatic heterocycles. The summed E-state index contributed by atoms with van der Waals surface area (Å²) < 4.78 is 5.25. The van der Waals surface area contributed by atoms with E-state index < -0.39 is 0 Å². The van der Waals surface area contributed by atoms with Gasteiger partial charge in [0.05, 0.1) is 7.11 Å².